The second-order valence-corrected chi connectivity index (χ2v) is 1.47. The Labute approximate surface area is 42.8 Å². The van der Waals surface area contributed by atoms with Gasteiger partial charge >= 0.3 is 0 Å². The first-order valence-corrected chi connectivity index (χ1v) is 1.74. The smallest absolute Gasteiger partial charge is 0.0707 e. The van der Waals surface area contributed by atoms with Crippen LogP contribution in [0.2, 0.25) is 0 Å². The van der Waals surface area contributed by atoms with Crippen LogP contribution in [-0.4, -0.2) is 17.3 Å². The van der Waals surface area contributed by atoms with Gasteiger partial charge in [-0.15, -0.1) is 12.4 Å². The molecule has 3 heteroatoms. The van der Waals surface area contributed by atoms with Crippen molar-refractivity contribution in [2.45, 2.75) is 18.6 Å². The van der Waals surface area contributed by atoms with E-state index in [4.69, 9.17) is 10.8 Å². The largest absolute Gasteiger partial charge is 0.391 e. The van der Waals surface area contributed by atoms with Gasteiger partial charge in [0.2, 0.25) is 0 Å². The van der Waals surface area contributed by atoms with E-state index in [0.717, 1.165) is 6.42 Å². The van der Waals surface area contributed by atoms with Gasteiger partial charge in [0.05, 0.1) is 6.10 Å². The summed E-state index contributed by atoms with van der Waals surface area (Å²) < 4.78 is 0. The maximum Gasteiger partial charge on any atom is 0.0707 e. The van der Waals surface area contributed by atoms with Crippen molar-refractivity contribution in [2.75, 3.05) is 0 Å². The lowest BCUT2D eigenvalue weighted by Gasteiger charge is -1.70. The number of rotatable bonds is 0. The summed E-state index contributed by atoms with van der Waals surface area (Å²) in [5, 5.41) is 8.31. The van der Waals surface area contributed by atoms with Crippen LogP contribution in [0.1, 0.15) is 6.42 Å². The van der Waals surface area contributed by atoms with E-state index in [1.165, 1.54) is 0 Å². The molecule has 0 aromatic carbocycles. The lowest BCUT2D eigenvalue weighted by atomic mass is 10.8. The van der Waals surface area contributed by atoms with Crippen molar-refractivity contribution >= 4 is 12.4 Å². The summed E-state index contributed by atoms with van der Waals surface area (Å²) in [6.45, 7) is 0. The molecule has 0 saturated heterocycles. The van der Waals surface area contributed by atoms with Crippen LogP contribution >= 0.6 is 12.4 Å². The molecule has 0 heterocycles. The highest BCUT2D eigenvalue weighted by Crippen LogP contribution is 2.15. The maximum atomic E-state index is 8.31. The summed E-state index contributed by atoms with van der Waals surface area (Å²) in [7, 11) is 0. The van der Waals surface area contributed by atoms with Gasteiger partial charge in [-0.05, 0) is 6.42 Å². The third-order valence-electron chi connectivity index (χ3n) is 0.805. The zero-order valence-electron chi connectivity index (χ0n) is 3.29. The third-order valence-corrected chi connectivity index (χ3v) is 0.805. The molecule has 0 aromatic rings. The van der Waals surface area contributed by atoms with Gasteiger partial charge in [0, 0.05) is 6.04 Å². The Morgan fingerprint density at radius 3 is 1.83 bits per heavy atom. The molecule has 1 aliphatic carbocycles. The average molecular weight is 110 g/mol. The molecule has 0 spiro atoms. The van der Waals surface area contributed by atoms with Gasteiger partial charge in [-0.2, -0.15) is 0 Å². The van der Waals surface area contributed by atoms with Crippen LogP contribution in [0.25, 0.3) is 0 Å². The second-order valence-electron chi connectivity index (χ2n) is 1.47. The summed E-state index contributed by atoms with van der Waals surface area (Å²) in [6.07, 6.45) is 0.634. The van der Waals surface area contributed by atoms with Gasteiger partial charge in [-0.1, -0.05) is 0 Å². The quantitative estimate of drug-likeness (QED) is 0.441. The van der Waals surface area contributed by atoms with Crippen molar-refractivity contribution in [3.05, 3.63) is 0 Å². The zero-order valence-corrected chi connectivity index (χ0v) is 4.11. The highest BCUT2D eigenvalue weighted by Gasteiger charge is 2.30. The van der Waals surface area contributed by atoms with Crippen molar-refractivity contribution < 1.29 is 5.11 Å². The highest BCUT2D eigenvalue weighted by molar-refractivity contribution is 5.85. The van der Waals surface area contributed by atoms with Crippen molar-refractivity contribution in [3.8, 4) is 0 Å². The SMILES string of the molecule is Cl.NC1CC1O. The predicted molar refractivity (Wildman–Crippen MR) is 25.8 cm³/mol. The molecule has 2 unspecified atom stereocenters. The molecule has 1 saturated carbocycles. The van der Waals surface area contributed by atoms with Gasteiger partial charge < -0.3 is 10.8 Å². The van der Waals surface area contributed by atoms with E-state index in [1.807, 2.05) is 0 Å². The fourth-order valence-corrected chi connectivity index (χ4v) is 0.200. The first-order valence-electron chi connectivity index (χ1n) is 1.74. The topological polar surface area (TPSA) is 46.2 Å². The van der Waals surface area contributed by atoms with Crippen molar-refractivity contribution in [1.82, 2.24) is 0 Å². The number of hydrogen-bond acceptors (Lipinski definition) is 2. The first-order chi connectivity index (χ1) is 2.30. The molecule has 2 nitrogen and oxygen atoms in total. The molecule has 0 aromatic heterocycles. The van der Waals surface area contributed by atoms with Crippen LogP contribution in [0, 0.1) is 0 Å². The lowest BCUT2D eigenvalue weighted by molar-refractivity contribution is 0.272. The number of aliphatic hydroxyl groups excluding tert-OH is 1. The summed E-state index contributed by atoms with van der Waals surface area (Å²) in [4.78, 5) is 0. The summed E-state index contributed by atoms with van der Waals surface area (Å²) >= 11 is 0. The Bertz CT molecular complexity index is 44.1. The fraction of sp³-hybridized carbons (Fsp3) is 1.00. The summed E-state index contributed by atoms with van der Waals surface area (Å²) in [5.41, 5.74) is 5.12. The lowest BCUT2D eigenvalue weighted by Crippen LogP contribution is -2.03. The molecule has 0 radical (unpaired) electrons. The van der Waals surface area contributed by atoms with E-state index < -0.39 is 0 Å². The van der Waals surface area contributed by atoms with E-state index in [0.29, 0.717) is 0 Å². The van der Waals surface area contributed by atoms with Crippen LogP contribution < -0.4 is 5.73 Å². The van der Waals surface area contributed by atoms with Crippen LogP contribution in [0.15, 0.2) is 0 Å². The Kier molecular flexibility index (Phi) is 1.84. The molecule has 0 bridgehead atoms. The molecular formula is C3H8ClNO. The molecule has 1 fully saturated rings. The zero-order chi connectivity index (χ0) is 3.86. The fourth-order valence-electron chi connectivity index (χ4n) is 0.200. The van der Waals surface area contributed by atoms with Crippen LogP contribution in [0.3, 0.4) is 0 Å². The molecule has 0 amide bonds. The van der Waals surface area contributed by atoms with Crippen LogP contribution in [-0.2, 0) is 0 Å². The summed E-state index contributed by atoms with van der Waals surface area (Å²) in [6, 6.07) is 0.106. The van der Waals surface area contributed by atoms with E-state index >= 15 is 0 Å². The molecule has 1 aliphatic rings. The van der Waals surface area contributed by atoms with E-state index in [9.17, 15) is 0 Å². The minimum Gasteiger partial charge on any atom is -0.391 e. The van der Waals surface area contributed by atoms with Gasteiger partial charge in [-0.25, -0.2) is 0 Å². The third kappa shape index (κ3) is 1.12. The van der Waals surface area contributed by atoms with Crippen molar-refractivity contribution in [3.63, 3.8) is 0 Å². The molecule has 2 atom stereocenters. The van der Waals surface area contributed by atoms with Gasteiger partial charge in [-0.3, -0.25) is 0 Å². The average Bonchev–Trinajstić information content (AvgIpc) is 1.79. The number of aliphatic hydroxyl groups is 1. The van der Waals surface area contributed by atoms with Crippen LogP contribution in [0.4, 0.5) is 0 Å². The Morgan fingerprint density at radius 2 is 1.83 bits per heavy atom. The Morgan fingerprint density at radius 1 is 1.67 bits per heavy atom. The minimum absolute atomic E-state index is 0. The van der Waals surface area contributed by atoms with Crippen LogP contribution in [0.5, 0.6) is 0 Å². The standard InChI is InChI=1S/C3H7NO.ClH/c4-2-1-3(2)5;/h2-3,5H,1,4H2;1H. The molecule has 1 rings (SSSR count). The van der Waals surface area contributed by atoms with Gasteiger partial charge in [0.25, 0.3) is 0 Å². The predicted octanol–water partition coefficient (Wildman–Crippen LogP) is -0.500. The first kappa shape index (κ1) is 6.21. The van der Waals surface area contributed by atoms with Gasteiger partial charge in [0.1, 0.15) is 0 Å². The molecule has 0 aliphatic heterocycles. The van der Waals surface area contributed by atoms with E-state index in [1.54, 1.807) is 0 Å². The molecule has 6 heavy (non-hydrogen) atoms. The molecule has 38 valence electrons. The minimum atomic E-state index is -0.171. The molecular weight excluding hydrogens is 101 g/mol. The van der Waals surface area contributed by atoms with E-state index in [-0.39, 0.29) is 24.6 Å². The van der Waals surface area contributed by atoms with E-state index in [2.05, 4.69) is 0 Å². The second kappa shape index (κ2) is 1.78. The van der Waals surface area contributed by atoms with Crippen molar-refractivity contribution in [2.24, 2.45) is 5.73 Å². The van der Waals surface area contributed by atoms with Gasteiger partial charge in [0.15, 0.2) is 0 Å². The highest BCUT2D eigenvalue weighted by atomic mass is 35.5. The monoisotopic (exact) mass is 109 g/mol. The Balaban J connectivity index is 0.000000250. The van der Waals surface area contributed by atoms with Crippen molar-refractivity contribution in [1.29, 1.82) is 0 Å². The number of hydrogen-bond donors (Lipinski definition) is 2. The Hall–Kier alpha value is 0.210. The normalized spacial score (nSPS) is 41.0. The molecule has 3 N–H and O–H groups in total. The maximum absolute atomic E-state index is 8.31. The number of halogens is 1. The number of nitrogens with two attached hydrogens (primary N) is 1. The summed E-state index contributed by atoms with van der Waals surface area (Å²) in [5.74, 6) is 0.